The summed E-state index contributed by atoms with van der Waals surface area (Å²) in [5.74, 6) is 0.0454. The highest BCUT2D eigenvalue weighted by Gasteiger charge is 2.21. The Morgan fingerprint density at radius 2 is 2.17 bits per heavy atom. The van der Waals surface area contributed by atoms with E-state index >= 15 is 0 Å². The van der Waals surface area contributed by atoms with Crippen LogP contribution in [0.4, 0.5) is 0 Å². The number of carbonyl (C=O) groups excluding carboxylic acids is 2. The molecule has 1 atom stereocenters. The molecule has 5 nitrogen and oxygen atoms in total. The number of rotatable bonds is 3. The molecule has 0 radical (unpaired) electrons. The molecule has 0 saturated heterocycles. The SMILES string of the molecule is C[C@@H]1CC(=O)NN=C1c1ccc(SN=C=O)cc1. The quantitative estimate of drug-likeness (QED) is 0.513. The van der Waals surface area contributed by atoms with Crippen molar-refractivity contribution in [3.8, 4) is 0 Å². The minimum absolute atomic E-state index is 0.0567. The summed E-state index contributed by atoms with van der Waals surface area (Å²) in [5, 5.41) is 4.08. The normalized spacial score (nSPS) is 18.6. The first-order valence-corrected chi connectivity index (χ1v) is 6.19. The third-order valence-corrected chi connectivity index (χ3v) is 3.25. The maximum Gasteiger partial charge on any atom is 0.247 e. The van der Waals surface area contributed by atoms with Gasteiger partial charge in [0.1, 0.15) is 0 Å². The van der Waals surface area contributed by atoms with Gasteiger partial charge in [-0.3, -0.25) is 4.79 Å². The predicted molar refractivity (Wildman–Crippen MR) is 68.9 cm³/mol. The zero-order chi connectivity index (χ0) is 13.0. The Labute approximate surface area is 109 Å². The summed E-state index contributed by atoms with van der Waals surface area (Å²) < 4.78 is 3.43. The van der Waals surface area contributed by atoms with E-state index < -0.39 is 0 Å². The van der Waals surface area contributed by atoms with E-state index in [9.17, 15) is 9.59 Å². The Balaban J connectivity index is 2.19. The topological polar surface area (TPSA) is 70.9 Å². The summed E-state index contributed by atoms with van der Waals surface area (Å²) in [7, 11) is 0. The zero-order valence-electron chi connectivity index (χ0n) is 9.71. The van der Waals surface area contributed by atoms with Gasteiger partial charge in [0, 0.05) is 29.2 Å². The van der Waals surface area contributed by atoms with Crippen molar-refractivity contribution in [1.29, 1.82) is 0 Å². The smallest absolute Gasteiger partial charge is 0.247 e. The number of carbonyl (C=O) groups is 1. The second-order valence-electron chi connectivity index (χ2n) is 3.94. The lowest BCUT2D eigenvalue weighted by molar-refractivity contribution is -0.121. The molecule has 2 rings (SSSR count). The van der Waals surface area contributed by atoms with E-state index in [0.29, 0.717) is 6.42 Å². The van der Waals surface area contributed by atoms with Crippen LogP contribution in [0, 0.1) is 5.92 Å². The number of nitrogens with one attached hydrogen (secondary N) is 1. The molecule has 0 bridgehead atoms. The number of hydrogen-bond donors (Lipinski definition) is 1. The summed E-state index contributed by atoms with van der Waals surface area (Å²) >= 11 is 1.07. The van der Waals surface area contributed by atoms with Crippen LogP contribution < -0.4 is 5.43 Å². The molecule has 1 aromatic carbocycles. The predicted octanol–water partition coefficient (Wildman–Crippen LogP) is 1.89. The van der Waals surface area contributed by atoms with Crippen LogP contribution in [-0.4, -0.2) is 17.7 Å². The number of hydrogen-bond acceptors (Lipinski definition) is 5. The van der Waals surface area contributed by atoms with Crippen LogP contribution in [0.15, 0.2) is 38.7 Å². The summed E-state index contributed by atoms with van der Waals surface area (Å²) in [5.41, 5.74) is 4.31. The van der Waals surface area contributed by atoms with Gasteiger partial charge >= 0.3 is 0 Å². The Morgan fingerprint density at radius 3 is 2.78 bits per heavy atom. The molecule has 0 saturated carbocycles. The van der Waals surface area contributed by atoms with Gasteiger partial charge in [0.15, 0.2) is 0 Å². The van der Waals surface area contributed by atoms with Crippen molar-refractivity contribution in [2.75, 3.05) is 0 Å². The van der Waals surface area contributed by atoms with Crippen LogP contribution in [0.25, 0.3) is 0 Å². The molecule has 18 heavy (non-hydrogen) atoms. The first-order valence-electron chi connectivity index (χ1n) is 5.41. The third kappa shape index (κ3) is 2.85. The lowest BCUT2D eigenvalue weighted by Gasteiger charge is -2.19. The minimum atomic E-state index is -0.0567. The van der Waals surface area contributed by atoms with Gasteiger partial charge in [0.25, 0.3) is 0 Å². The summed E-state index contributed by atoms with van der Waals surface area (Å²) in [4.78, 5) is 22.0. The van der Waals surface area contributed by atoms with Crippen LogP contribution >= 0.6 is 11.9 Å². The van der Waals surface area contributed by atoms with Crippen molar-refractivity contribution in [2.24, 2.45) is 15.4 Å². The van der Waals surface area contributed by atoms with Crippen molar-refractivity contribution in [3.05, 3.63) is 29.8 Å². The Kier molecular flexibility index (Phi) is 3.92. The summed E-state index contributed by atoms with van der Waals surface area (Å²) in [6.45, 7) is 1.97. The van der Waals surface area contributed by atoms with E-state index in [1.54, 1.807) is 0 Å². The maximum absolute atomic E-state index is 11.2. The lowest BCUT2D eigenvalue weighted by atomic mass is 9.94. The van der Waals surface area contributed by atoms with Gasteiger partial charge in [-0.2, -0.15) is 5.10 Å². The molecule has 0 spiro atoms. The molecule has 6 heteroatoms. The van der Waals surface area contributed by atoms with Gasteiger partial charge < -0.3 is 0 Å². The van der Waals surface area contributed by atoms with E-state index in [2.05, 4.69) is 14.9 Å². The van der Waals surface area contributed by atoms with Crippen LogP contribution in [0.5, 0.6) is 0 Å². The van der Waals surface area contributed by atoms with Crippen LogP contribution in [-0.2, 0) is 9.59 Å². The molecule has 0 fully saturated rings. The zero-order valence-corrected chi connectivity index (χ0v) is 10.5. The molecular weight excluding hydrogens is 250 g/mol. The molecule has 1 aromatic rings. The number of amides is 1. The average molecular weight is 261 g/mol. The van der Waals surface area contributed by atoms with Crippen molar-refractivity contribution in [2.45, 2.75) is 18.2 Å². The highest BCUT2D eigenvalue weighted by Crippen LogP contribution is 2.21. The monoisotopic (exact) mass is 261 g/mol. The molecule has 0 aliphatic carbocycles. The fourth-order valence-corrected chi connectivity index (χ4v) is 2.16. The van der Waals surface area contributed by atoms with E-state index in [0.717, 1.165) is 28.1 Å². The van der Waals surface area contributed by atoms with Crippen LogP contribution in [0.2, 0.25) is 0 Å². The highest BCUT2D eigenvalue weighted by molar-refractivity contribution is 7.98. The largest absolute Gasteiger partial charge is 0.273 e. The molecule has 1 N–H and O–H groups in total. The first kappa shape index (κ1) is 12.5. The van der Waals surface area contributed by atoms with Crippen molar-refractivity contribution in [3.63, 3.8) is 0 Å². The Morgan fingerprint density at radius 1 is 1.44 bits per heavy atom. The fourth-order valence-electron chi connectivity index (χ4n) is 1.76. The van der Waals surface area contributed by atoms with Crippen molar-refractivity contribution in [1.82, 2.24) is 5.43 Å². The van der Waals surface area contributed by atoms with Gasteiger partial charge in [0.05, 0.1) is 5.71 Å². The number of isocyanates is 1. The van der Waals surface area contributed by atoms with E-state index in [4.69, 9.17) is 0 Å². The molecule has 0 aromatic heterocycles. The lowest BCUT2D eigenvalue weighted by Crippen LogP contribution is -2.31. The van der Waals surface area contributed by atoms with E-state index in [1.807, 2.05) is 31.2 Å². The maximum atomic E-state index is 11.2. The van der Waals surface area contributed by atoms with Crippen LogP contribution in [0.3, 0.4) is 0 Å². The van der Waals surface area contributed by atoms with E-state index in [-0.39, 0.29) is 11.8 Å². The average Bonchev–Trinajstić information content (AvgIpc) is 2.37. The summed E-state index contributed by atoms with van der Waals surface area (Å²) in [6.07, 6.45) is 1.92. The Hall–Kier alpha value is -1.91. The molecule has 1 heterocycles. The number of hydrazone groups is 1. The molecular formula is C12H11N3O2S. The first-order chi connectivity index (χ1) is 8.70. The molecule has 0 unspecified atom stereocenters. The molecule has 1 aliphatic rings. The van der Waals surface area contributed by atoms with Crippen molar-refractivity contribution < 1.29 is 9.59 Å². The van der Waals surface area contributed by atoms with E-state index in [1.165, 1.54) is 6.08 Å². The second-order valence-corrected chi connectivity index (χ2v) is 4.77. The summed E-state index contributed by atoms with van der Waals surface area (Å²) in [6, 6.07) is 7.50. The van der Waals surface area contributed by atoms with Gasteiger partial charge in [-0.25, -0.2) is 10.2 Å². The standard InChI is InChI=1S/C12H11N3O2S/c1-8-6-11(17)14-15-12(8)9-2-4-10(5-3-9)18-13-7-16/h2-5,8H,6H2,1H3,(H,14,17)/t8-/m1/s1. The number of benzene rings is 1. The fraction of sp³-hybridized carbons (Fsp3) is 0.250. The molecule has 1 amide bonds. The number of nitrogens with zero attached hydrogens (tertiary/aromatic N) is 2. The Bertz CT molecular complexity index is 533. The molecule has 92 valence electrons. The second kappa shape index (κ2) is 5.62. The highest BCUT2D eigenvalue weighted by atomic mass is 32.2. The van der Waals surface area contributed by atoms with Gasteiger partial charge in [-0.1, -0.05) is 19.1 Å². The third-order valence-electron chi connectivity index (χ3n) is 2.60. The van der Waals surface area contributed by atoms with Gasteiger partial charge in [0.2, 0.25) is 12.0 Å². The van der Waals surface area contributed by atoms with Gasteiger partial charge in [-0.15, -0.1) is 4.40 Å². The molecule has 1 aliphatic heterocycles. The van der Waals surface area contributed by atoms with Crippen LogP contribution in [0.1, 0.15) is 18.9 Å². The minimum Gasteiger partial charge on any atom is -0.273 e. The van der Waals surface area contributed by atoms with Gasteiger partial charge in [-0.05, 0) is 17.7 Å². The van der Waals surface area contributed by atoms with Crippen molar-refractivity contribution >= 4 is 29.6 Å².